The van der Waals surface area contributed by atoms with E-state index in [1.54, 1.807) is 6.20 Å². The molecule has 0 aliphatic heterocycles. The number of aromatic nitrogens is 1. The summed E-state index contributed by atoms with van der Waals surface area (Å²) in [5.74, 6) is 0.191. The molecule has 0 bridgehead atoms. The van der Waals surface area contributed by atoms with Crippen molar-refractivity contribution in [2.75, 3.05) is 0 Å². The zero-order chi connectivity index (χ0) is 18.1. The van der Waals surface area contributed by atoms with Crippen LogP contribution >= 0.6 is 23.7 Å². The SMILES string of the molecule is CCCCCCc1ncc(COC(=O)Oc2ccc([N+](=O)[O-])cc2)s1.Cl. The Morgan fingerprint density at radius 3 is 2.62 bits per heavy atom. The summed E-state index contributed by atoms with van der Waals surface area (Å²) in [6, 6.07) is 5.22. The van der Waals surface area contributed by atoms with Gasteiger partial charge in [-0.3, -0.25) is 10.1 Å². The molecule has 0 atom stereocenters. The molecule has 0 amide bonds. The molecule has 142 valence electrons. The Labute approximate surface area is 161 Å². The van der Waals surface area contributed by atoms with Crippen molar-refractivity contribution in [2.24, 2.45) is 0 Å². The summed E-state index contributed by atoms with van der Waals surface area (Å²) in [5, 5.41) is 11.6. The minimum atomic E-state index is -0.855. The number of hydrogen-bond donors (Lipinski definition) is 0. The highest BCUT2D eigenvalue weighted by atomic mass is 35.5. The van der Waals surface area contributed by atoms with E-state index in [2.05, 4.69) is 11.9 Å². The van der Waals surface area contributed by atoms with Crippen LogP contribution in [-0.4, -0.2) is 16.1 Å². The van der Waals surface area contributed by atoms with Crippen LogP contribution in [0, 0.1) is 10.1 Å². The van der Waals surface area contributed by atoms with E-state index in [0.717, 1.165) is 22.7 Å². The van der Waals surface area contributed by atoms with E-state index in [1.807, 2.05) is 0 Å². The van der Waals surface area contributed by atoms with Crippen LogP contribution in [-0.2, 0) is 17.8 Å². The number of halogens is 1. The van der Waals surface area contributed by atoms with E-state index in [4.69, 9.17) is 9.47 Å². The molecule has 0 unspecified atom stereocenters. The largest absolute Gasteiger partial charge is 0.514 e. The lowest BCUT2D eigenvalue weighted by Crippen LogP contribution is -2.09. The molecule has 9 heteroatoms. The smallest absolute Gasteiger partial charge is 0.428 e. The van der Waals surface area contributed by atoms with Crippen molar-refractivity contribution in [2.45, 2.75) is 45.6 Å². The van der Waals surface area contributed by atoms with Gasteiger partial charge < -0.3 is 9.47 Å². The average molecular weight is 401 g/mol. The summed E-state index contributed by atoms with van der Waals surface area (Å²) in [7, 11) is 0. The molecule has 0 aliphatic rings. The van der Waals surface area contributed by atoms with Gasteiger partial charge in [-0.1, -0.05) is 26.2 Å². The Morgan fingerprint density at radius 1 is 1.23 bits per heavy atom. The van der Waals surface area contributed by atoms with Gasteiger partial charge in [0.2, 0.25) is 0 Å². The normalized spacial score (nSPS) is 10.0. The average Bonchev–Trinajstić information content (AvgIpc) is 3.05. The van der Waals surface area contributed by atoms with E-state index < -0.39 is 11.1 Å². The lowest BCUT2D eigenvalue weighted by Gasteiger charge is -2.04. The van der Waals surface area contributed by atoms with Crippen molar-refractivity contribution in [3.05, 3.63) is 50.5 Å². The molecule has 1 aromatic carbocycles. The maximum atomic E-state index is 11.7. The topological polar surface area (TPSA) is 91.6 Å². The van der Waals surface area contributed by atoms with Crippen LogP contribution < -0.4 is 4.74 Å². The highest BCUT2D eigenvalue weighted by Gasteiger charge is 2.10. The zero-order valence-corrected chi connectivity index (χ0v) is 16.0. The van der Waals surface area contributed by atoms with Gasteiger partial charge in [0.1, 0.15) is 12.4 Å². The van der Waals surface area contributed by atoms with Crippen LogP contribution in [0.25, 0.3) is 0 Å². The molecule has 2 aromatic rings. The van der Waals surface area contributed by atoms with Gasteiger partial charge >= 0.3 is 6.16 Å². The molecule has 26 heavy (non-hydrogen) atoms. The summed E-state index contributed by atoms with van der Waals surface area (Å²) < 4.78 is 10.0. The standard InChI is InChI=1S/C17H20N2O5S.ClH/c1-2-3-4-5-6-16-18-11-15(25-16)12-23-17(20)24-14-9-7-13(8-10-14)19(21)22;/h7-11H,2-6,12H2,1H3;1H. The molecule has 0 spiro atoms. The number of rotatable bonds is 9. The van der Waals surface area contributed by atoms with Crippen molar-refractivity contribution in [3.63, 3.8) is 0 Å². The number of ether oxygens (including phenoxy) is 2. The molecule has 2 rings (SSSR count). The third kappa shape index (κ3) is 7.37. The second kappa shape index (κ2) is 11.4. The first-order valence-corrected chi connectivity index (χ1v) is 8.92. The lowest BCUT2D eigenvalue weighted by molar-refractivity contribution is -0.384. The van der Waals surface area contributed by atoms with Crippen molar-refractivity contribution < 1.29 is 19.2 Å². The molecule has 1 aromatic heterocycles. The number of thiazole rings is 1. The summed E-state index contributed by atoms with van der Waals surface area (Å²) in [6.07, 6.45) is 6.54. The predicted octanol–water partition coefficient (Wildman–Crippen LogP) is 5.31. The van der Waals surface area contributed by atoms with Crippen LogP contribution in [0.15, 0.2) is 30.5 Å². The molecule has 0 saturated carbocycles. The highest BCUT2D eigenvalue weighted by molar-refractivity contribution is 7.11. The summed E-state index contributed by atoms with van der Waals surface area (Å²) >= 11 is 1.53. The highest BCUT2D eigenvalue weighted by Crippen LogP contribution is 2.19. The van der Waals surface area contributed by atoms with Gasteiger partial charge in [0, 0.05) is 18.3 Å². The maximum absolute atomic E-state index is 11.7. The van der Waals surface area contributed by atoms with Crippen molar-refractivity contribution in [3.8, 4) is 5.75 Å². The van der Waals surface area contributed by atoms with Crippen LogP contribution in [0.1, 0.15) is 42.5 Å². The quantitative estimate of drug-likeness (QED) is 0.186. The first kappa shape index (κ1) is 21.9. The molecule has 7 nitrogen and oxygen atoms in total. The van der Waals surface area contributed by atoms with Gasteiger partial charge in [0.25, 0.3) is 5.69 Å². The van der Waals surface area contributed by atoms with Crippen molar-refractivity contribution in [1.82, 2.24) is 4.98 Å². The van der Waals surface area contributed by atoms with Crippen molar-refractivity contribution in [1.29, 1.82) is 0 Å². The molecular weight excluding hydrogens is 380 g/mol. The van der Waals surface area contributed by atoms with Gasteiger partial charge in [0.15, 0.2) is 0 Å². The monoisotopic (exact) mass is 400 g/mol. The minimum absolute atomic E-state index is 0. The van der Waals surface area contributed by atoms with Crippen LogP contribution in [0.5, 0.6) is 5.75 Å². The summed E-state index contributed by atoms with van der Waals surface area (Å²) in [6.45, 7) is 2.27. The number of unbranched alkanes of at least 4 members (excludes halogenated alkanes) is 3. The second-order valence-electron chi connectivity index (χ2n) is 5.42. The first-order valence-electron chi connectivity index (χ1n) is 8.11. The number of non-ortho nitro benzene ring substituents is 1. The van der Waals surface area contributed by atoms with Gasteiger partial charge in [-0.25, -0.2) is 9.78 Å². The number of nitrogens with zero attached hydrogens (tertiary/aromatic N) is 2. The third-order valence-electron chi connectivity index (χ3n) is 3.43. The lowest BCUT2D eigenvalue weighted by atomic mass is 10.2. The third-order valence-corrected chi connectivity index (χ3v) is 4.46. The molecule has 0 radical (unpaired) electrons. The molecule has 0 fully saturated rings. The number of hydrogen-bond acceptors (Lipinski definition) is 7. The van der Waals surface area contributed by atoms with E-state index in [9.17, 15) is 14.9 Å². The summed E-state index contributed by atoms with van der Waals surface area (Å²) in [5.41, 5.74) is -0.0724. The molecule has 1 heterocycles. The first-order chi connectivity index (χ1) is 12.1. The minimum Gasteiger partial charge on any atom is -0.428 e. The number of aryl methyl sites for hydroxylation is 1. The molecule has 0 aliphatic carbocycles. The van der Waals surface area contributed by atoms with Gasteiger partial charge in [-0.15, -0.1) is 23.7 Å². The number of nitro groups is 1. The predicted molar refractivity (Wildman–Crippen MR) is 101 cm³/mol. The Morgan fingerprint density at radius 2 is 1.96 bits per heavy atom. The van der Waals surface area contributed by atoms with E-state index in [1.165, 1.54) is 54.9 Å². The Kier molecular flexibility index (Phi) is 9.61. The number of nitro benzene ring substituents is 1. The Bertz CT molecular complexity index is 705. The van der Waals surface area contributed by atoms with E-state index >= 15 is 0 Å². The Hall–Kier alpha value is -2.19. The second-order valence-corrected chi connectivity index (χ2v) is 6.62. The summed E-state index contributed by atoms with van der Waals surface area (Å²) in [4.78, 5) is 26.9. The number of carbonyl (C=O) groups is 1. The zero-order valence-electron chi connectivity index (χ0n) is 14.4. The van der Waals surface area contributed by atoms with Crippen LogP contribution in [0.3, 0.4) is 0 Å². The van der Waals surface area contributed by atoms with E-state index in [0.29, 0.717) is 0 Å². The van der Waals surface area contributed by atoms with Gasteiger partial charge in [-0.2, -0.15) is 0 Å². The van der Waals surface area contributed by atoms with Crippen LogP contribution in [0.4, 0.5) is 10.5 Å². The molecular formula is C17H21ClN2O5S. The fourth-order valence-electron chi connectivity index (χ4n) is 2.12. The fourth-order valence-corrected chi connectivity index (χ4v) is 3.00. The Balaban J connectivity index is 0.00000338. The fraction of sp³-hybridized carbons (Fsp3) is 0.412. The van der Waals surface area contributed by atoms with Crippen LogP contribution in [0.2, 0.25) is 0 Å². The number of carbonyl (C=O) groups excluding carboxylic acids is 1. The van der Waals surface area contributed by atoms with Crippen molar-refractivity contribution >= 4 is 35.6 Å². The number of benzene rings is 1. The van der Waals surface area contributed by atoms with Gasteiger partial charge in [-0.05, 0) is 25.0 Å². The molecule has 0 saturated heterocycles. The van der Waals surface area contributed by atoms with Gasteiger partial charge in [0.05, 0.1) is 14.8 Å². The maximum Gasteiger partial charge on any atom is 0.514 e. The van der Waals surface area contributed by atoms with E-state index in [-0.39, 0.29) is 30.5 Å². The molecule has 0 N–H and O–H groups in total.